The molecule has 3 nitrogen and oxygen atoms in total. The molecule has 0 fully saturated rings. The van der Waals surface area contributed by atoms with Crippen molar-refractivity contribution in [1.82, 2.24) is 0 Å². The Hall–Kier alpha value is -1.05. The van der Waals surface area contributed by atoms with E-state index in [1.807, 2.05) is 0 Å². The van der Waals surface area contributed by atoms with E-state index in [4.69, 9.17) is 10.5 Å². The number of aryl methyl sites for hydroxylation is 1. The minimum absolute atomic E-state index is 0. The second-order valence-electron chi connectivity index (χ2n) is 7.05. The van der Waals surface area contributed by atoms with E-state index in [0.29, 0.717) is 12.0 Å². The number of hydrogen-bond acceptors (Lipinski definition) is 3. The van der Waals surface area contributed by atoms with Crippen molar-refractivity contribution < 1.29 is 27.4 Å². The number of unbranched alkanes of at least 4 members (excludes halogenated alkanes) is 4. The molecule has 0 aliphatic rings. The van der Waals surface area contributed by atoms with Crippen LogP contribution in [-0.2, 0) is 12.6 Å². The van der Waals surface area contributed by atoms with Gasteiger partial charge in [0.05, 0.1) is 25.5 Å². The maximum atomic E-state index is 13.4. The minimum atomic E-state index is -4.52. The molecule has 3 N–H and O–H groups in total. The first-order valence-corrected chi connectivity index (χ1v) is 9.54. The second kappa shape index (κ2) is 13.2. The molecule has 1 aromatic rings. The van der Waals surface area contributed by atoms with E-state index in [0.717, 1.165) is 31.7 Å². The van der Waals surface area contributed by atoms with Crippen LogP contribution in [-0.4, -0.2) is 30.5 Å². The number of rotatable bonds is 13. The van der Waals surface area contributed by atoms with E-state index in [-0.39, 0.29) is 44.0 Å². The van der Waals surface area contributed by atoms with E-state index in [9.17, 15) is 22.7 Å². The first-order chi connectivity index (χ1) is 12.8. The molecule has 1 aromatic carbocycles. The molecular formula is C20H32ClF4NO2. The summed E-state index contributed by atoms with van der Waals surface area (Å²) in [6.07, 6.45) is 0.775. The highest BCUT2D eigenvalue weighted by molar-refractivity contribution is 5.85. The monoisotopic (exact) mass is 429 g/mol. The highest BCUT2D eigenvalue weighted by atomic mass is 35.5. The fourth-order valence-electron chi connectivity index (χ4n) is 2.83. The van der Waals surface area contributed by atoms with Crippen molar-refractivity contribution in [2.75, 3.05) is 19.9 Å². The van der Waals surface area contributed by atoms with Crippen molar-refractivity contribution in [3.05, 3.63) is 29.3 Å². The number of halogens is 5. The number of aliphatic hydroxyl groups excluding tert-OH is 1. The molecule has 1 atom stereocenters. The summed E-state index contributed by atoms with van der Waals surface area (Å²) < 4.78 is 58.0. The van der Waals surface area contributed by atoms with E-state index < -0.39 is 30.6 Å². The summed E-state index contributed by atoms with van der Waals surface area (Å²) in [6.45, 7) is 1.25. The summed E-state index contributed by atoms with van der Waals surface area (Å²) in [4.78, 5) is 0. The van der Waals surface area contributed by atoms with Gasteiger partial charge in [0.1, 0.15) is 5.75 Å². The minimum Gasteiger partial charge on any atom is -0.493 e. The zero-order valence-electron chi connectivity index (χ0n) is 16.4. The Morgan fingerprint density at radius 1 is 1.07 bits per heavy atom. The summed E-state index contributed by atoms with van der Waals surface area (Å²) in [7, 11) is 0. The van der Waals surface area contributed by atoms with Crippen molar-refractivity contribution in [3.8, 4) is 5.75 Å². The highest BCUT2D eigenvalue weighted by Gasteiger charge is 2.35. The average molecular weight is 430 g/mol. The largest absolute Gasteiger partial charge is 0.493 e. The molecule has 8 heteroatoms. The molecule has 0 radical (unpaired) electrons. The van der Waals surface area contributed by atoms with Gasteiger partial charge in [-0.3, -0.25) is 4.39 Å². The Morgan fingerprint density at radius 3 is 2.32 bits per heavy atom. The van der Waals surface area contributed by atoms with Gasteiger partial charge in [0, 0.05) is 5.54 Å². The number of nitrogens with two attached hydrogens (primary N) is 1. The Balaban J connectivity index is 0.00000729. The first-order valence-electron chi connectivity index (χ1n) is 9.54. The summed E-state index contributed by atoms with van der Waals surface area (Å²) >= 11 is 0. The van der Waals surface area contributed by atoms with Gasteiger partial charge < -0.3 is 15.6 Å². The van der Waals surface area contributed by atoms with Crippen molar-refractivity contribution in [2.45, 2.75) is 70.0 Å². The fourth-order valence-corrected chi connectivity index (χ4v) is 2.83. The quantitative estimate of drug-likeness (QED) is 0.323. The molecule has 0 heterocycles. The van der Waals surface area contributed by atoms with Gasteiger partial charge in [0.2, 0.25) is 0 Å². The Kier molecular flexibility index (Phi) is 12.7. The molecule has 1 unspecified atom stereocenters. The van der Waals surface area contributed by atoms with Gasteiger partial charge in [-0.25, -0.2) is 0 Å². The molecule has 0 aromatic heterocycles. The van der Waals surface area contributed by atoms with Crippen LogP contribution < -0.4 is 10.5 Å². The van der Waals surface area contributed by atoms with Crippen LogP contribution in [0.4, 0.5) is 17.6 Å². The third-order valence-electron chi connectivity index (χ3n) is 4.67. The van der Waals surface area contributed by atoms with Crippen molar-refractivity contribution in [2.24, 2.45) is 5.73 Å². The molecule has 0 saturated carbocycles. The van der Waals surface area contributed by atoms with Crippen LogP contribution in [0.25, 0.3) is 0 Å². The zero-order chi connectivity index (χ0) is 20.3. The van der Waals surface area contributed by atoms with Crippen LogP contribution in [0.3, 0.4) is 0 Å². The van der Waals surface area contributed by atoms with Gasteiger partial charge in [0.15, 0.2) is 0 Å². The Labute approximate surface area is 171 Å². The van der Waals surface area contributed by atoms with Crippen LogP contribution in [0, 0.1) is 0 Å². The van der Waals surface area contributed by atoms with Crippen molar-refractivity contribution in [1.29, 1.82) is 0 Å². The molecule has 0 saturated heterocycles. The SMILES string of the molecule is CCCCCCCOc1ccc(CCC(N)(CO)CCF)cc1C(F)(F)F.Cl. The van der Waals surface area contributed by atoms with E-state index in [1.54, 1.807) is 6.07 Å². The van der Waals surface area contributed by atoms with Gasteiger partial charge >= 0.3 is 6.18 Å². The van der Waals surface area contributed by atoms with E-state index in [2.05, 4.69) is 6.92 Å². The molecule has 0 bridgehead atoms. The lowest BCUT2D eigenvalue weighted by atomic mass is 9.90. The lowest BCUT2D eigenvalue weighted by Crippen LogP contribution is -2.44. The number of aliphatic hydroxyl groups is 1. The van der Waals surface area contributed by atoms with Crippen LogP contribution >= 0.6 is 12.4 Å². The van der Waals surface area contributed by atoms with Crippen LogP contribution in [0.15, 0.2) is 18.2 Å². The normalized spacial score (nSPS) is 13.7. The fraction of sp³-hybridized carbons (Fsp3) is 0.700. The number of hydrogen-bond donors (Lipinski definition) is 2. The van der Waals surface area contributed by atoms with Crippen LogP contribution in [0.1, 0.15) is 63.0 Å². The van der Waals surface area contributed by atoms with Crippen molar-refractivity contribution >= 4 is 12.4 Å². The summed E-state index contributed by atoms with van der Waals surface area (Å²) in [6, 6.07) is 3.95. The highest BCUT2D eigenvalue weighted by Crippen LogP contribution is 2.37. The van der Waals surface area contributed by atoms with E-state index >= 15 is 0 Å². The van der Waals surface area contributed by atoms with Crippen LogP contribution in [0.5, 0.6) is 5.75 Å². The van der Waals surface area contributed by atoms with Gasteiger partial charge in [-0.1, -0.05) is 38.7 Å². The van der Waals surface area contributed by atoms with Gasteiger partial charge in [0.25, 0.3) is 0 Å². The average Bonchev–Trinajstić information content (AvgIpc) is 2.63. The maximum absolute atomic E-state index is 13.4. The zero-order valence-corrected chi connectivity index (χ0v) is 17.2. The summed E-state index contributed by atoms with van der Waals surface area (Å²) in [5.41, 5.74) is 4.38. The van der Waals surface area contributed by atoms with Gasteiger partial charge in [-0.15, -0.1) is 12.4 Å². The standard InChI is InChI=1S/C20H31F4NO2.ClH/c1-2-3-4-5-6-13-27-18-8-7-16(14-17(18)20(22,23)24)9-10-19(25,15-26)11-12-21;/h7-8,14,26H,2-6,9-13,15,25H2,1H3;1H. The first kappa shape index (κ1) is 27.0. The van der Waals surface area contributed by atoms with E-state index in [1.165, 1.54) is 6.07 Å². The molecular weight excluding hydrogens is 398 g/mol. The molecule has 1 rings (SSSR count). The van der Waals surface area contributed by atoms with Crippen molar-refractivity contribution in [3.63, 3.8) is 0 Å². The summed E-state index contributed by atoms with van der Waals surface area (Å²) in [5, 5.41) is 9.31. The molecule has 0 spiro atoms. The predicted octanol–water partition coefficient (Wildman–Crippen LogP) is 5.46. The summed E-state index contributed by atoms with van der Waals surface area (Å²) in [5.74, 6) is -0.174. The lowest BCUT2D eigenvalue weighted by molar-refractivity contribution is -0.139. The number of ether oxygens (including phenoxy) is 1. The smallest absolute Gasteiger partial charge is 0.419 e. The molecule has 0 aliphatic heterocycles. The molecule has 28 heavy (non-hydrogen) atoms. The van der Waals surface area contributed by atoms with Gasteiger partial charge in [-0.2, -0.15) is 13.2 Å². The maximum Gasteiger partial charge on any atom is 0.419 e. The lowest BCUT2D eigenvalue weighted by Gasteiger charge is -2.26. The number of benzene rings is 1. The molecule has 0 aliphatic carbocycles. The second-order valence-corrected chi connectivity index (χ2v) is 7.05. The van der Waals surface area contributed by atoms with Crippen LogP contribution in [0.2, 0.25) is 0 Å². The topological polar surface area (TPSA) is 55.5 Å². The molecule has 0 amide bonds. The molecule has 164 valence electrons. The number of alkyl halides is 4. The Bertz CT molecular complexity index is 557. The third kappa shape index (κ3) is 9.43. The third-order valence-corrected chi connectivity index (χ3v) is 4.67. The van der Waals surface area contributed by atoms with Gasteiger partial charge in [-0.05, 0) is 43.4 Å². The predicted molar refractivity (Wildman–Crippen MR) is 106 cm³/mol. The Morgan fingerprint density at radius 2 is 1.75 bits per heavy atom.